The van der Waals surface area contributed by atoms with Crippen LogP contribution in [0.2, 0.25) is 0 Å². The summed E-state index contributed by atoms with van der Waals surface area (Å²) in [6, 6.07) is 0. The van der Waals surface area contributed by atoms with Gasteiger partial charge in [-0.05, 0) is 46.6 Å². The summed E-state index contributed by atoms with van der Waals surface area (Å²) in [6.45, 7) is 10.0. The molecule has 0 aliphatic carbocycles. The topological polar surface area (TPSA) is 45.5 Å². The Kier molecular flexibility index (Phi) is 4.86. The average Bonchev–Trinajstić information content (AvgIpc) is 3.02. The summed E-state index contributed by atoms with van der Waals surface area (Å²) in [5, 5.41) is 4.32. The number of hydrogen-bond acceptors (Lipinski definition) is 4. The van der Waals surface area contributed by atoms with E-state index < -0.39 is 24.0 Å². The van der Waals surface area contributed by atoms with E-state index >= 15 is 0 Å². The Balaban J connectivity index is 1.64. The van der Waals surface area contributed by atoms with E-state index in [1.54, 1.807) is 6.20 Å². The molecule has 2 aliphatic heterocycles. The molecule has 0 aromatic carbocycles. The summed E-state index contributed by atoms with van der Waals surface area (Å²) in [6.07, 6.45) is 7.18. The zero-order chi connectivity index (χ0) is 17.4. The van der Waals surface area contributed by atoms with Crippen molar-refractivity contribution in [1.29, 1.82) is 0 Å². The second-order valence-corrected chi connectivity index (χ2v) is 7.70. The van der Waals surface area contributed by atoms with Crippen LogP contribution in [0.5, 0.6) is 0 Å². The molecule has 3 heterocycles. The lowest BCUT2D eigenvalue weighted by atomic mass is 9.87. The highest BCUT2D eigenvalue weighted by molar-refractivity contribution is 6.54. The van der Waals surface area contributed by atoms with E-state index in [0.29, 0.717) is 11.5 Å². The molecule has 0 bridgehead atoms. The summed E-state index contributed by atoms with van der Waals surface area (Å²) in [5.74, 6) is 0.475. The average molecular weight is 336 g/mol. The molecular weight excluding hydrogens is 310 g/mol. The molecule has 24 heavy (non-hydrogen) atoms. The van der Waals surface area contributed by atoms with Crippen molar-refractivity contribution in [3.8, 4) is 0 Å². The van der Waals surface area contributed by atoms with Crippen LogP contribution >= 0.6 is 0 Å². The van der Waals surface area contributed by atoms with Gasteiger partial charge < -0.3 is 14.0 Å². The third-order valence-corrected chi connectivity index (χ3v) is 5.14. The molecule has 3 rings (SSSR count). The molecule has 0 amide bonds. The molecule has 0 spiro atoms. The van der Waals surface area contributed by atoms with Crippen LogP contribution < -0.4 is 0 Å². The number of rotatable bonds is 4. The Hall–Kier alpha value is -1.18. The van der Waals surface area contributed by atoms with Gasteiger partial charge in [-0.15, -0.1) is 0 Å². The van der Waals surface area contributed by atoms with Gasteiger partial charge in [-0.25, -0.2) is 4.39 Å². The Morgan fingerprint density at radius 3 is 2.71 bits per heavy atom. The van der Waals surface area contributed by atoms with Gasteiger partial charge in [0.15, 0.2) is 0 Å². The van der Waals surface area contributed by atoms with Crippen LogP contribution in [0.3, 0.4) is 0 Å². The first-order valence-electron chi connectivity index (χ1n) is 8.60. The summed E-state index contributed by atoms with van der Waals surface area (Å²) in [7, 11) is -0.968. The highest BCUT2D eigenvalue weighted by atomic mass is 19.1. The predicted molar refractivity (Wildman–Crippen MR) is 90.9 cm³/mol. The summed E-state index contributed by atoms with van der Waals surface area (Å²) in [5.41, 5.74) is -0.824. The first kappa shape index (κ1) is 17.6. The van der Waals surface area contributed by atoms with Gasteiger partial charge in [-0.2, -0.15) is 5.10 Å². The van der Waals surface area contributed by atoms with Gasteiger partial charge in [-0.1, -0.05) is 0 Å². The number of aromatic nitrogens is 2. The van der Waals surface area contributed by atoms with E-state index in [-0.39, 0.29) is 0 Å². The second-order valence-electron chi connectivity index (χ2n) is 7.70. The van der Waals surface area contributed by atoms with E-state index in [1.165, 1.54) is 6.08 Å². The van der Waals surface area contributed by atoms with Gasteiger partial charge in [0.1, 0.15) is 5.73 Å². The minimum Gasteiger partial charge on any atom is -0.398 e. The van der Waals surface area contributed by atoms with Crippen molar-refractivity contribution in [3.05, 3.63) is 23.7 Å². The standard InChI is InChI=1S/C17H26BFN2O3/c1-16(2)17(3,4)24-18(23-16)15(19)8-14-9-20-21(11-14)10-13-6-5-7-22-12-13/h8-9,11,13H,5-7,10,12H2,1-4H3. The highest BCUT2D eigenvalue weighted by Crippen LogP contribution is 2.39. The molecule has 2 fully saturated rings. The van der Waals surface area contributed by atoms with Crippen LogP contribution in [0.25, 0.3) is 6.08 Å². The normalized spacial score (nSPS) is 26.8. The largest absolute Gasteiger partial charge is 0.525 e. The maximum Gasteiger partial charge on any atom is 0.525 e. The molecule has 1 aromatic rings. The van der Waals surface area contributed by atoms with Crippen molar-refractivity contribution in [2.75, 3.05) is 13.2 Å². The van der Waals surface area contributed by atoms with Crippen molar-refractivity contribution in [1.82, 2.24) is 9.78 Å². The van der Waals surface area contributed by atoms with E-state index in [1.807, 2.05) is 38.6 Å². The first-order valence-corrected chi connectivity index (χ1v) is 8.60. The van der Waals surface area contributed by atoms with Crippen molar-refractivity contribution in [2.45, 2.75) is 58.3 Å². The Morgan fingerprint density at radius 1 is 1.38 bits per heavy atom. The third kappa shape index (κ3) is 3.73. The van der Waals surface area contributed by atoms with Crippen molar-refractivity contribution >= 4 is 13.2 Å². The Bertz CT molecular complexity index is 593. The lowest BCUT2D eigenvalue weighted by Crippen LogP contribution is -2.41. The van der Waals surface area contributed by atoms with Gasteiger partial charge in [0.2, 0.25) is 0 Å². The quantitative estimate of drug-likeness (QED) is 0.792. The van der Waals surface area contributed by atoms with Crippen LogP contribution in [0, 0.1) is 5.92 Å². The molecular formula is C17H26BFN2O3. The van der Waals surface area contributed by atoms with Gasteiger partial charge >= 0.3 is 7.12 Å². The second kappa shape index (κ2) is 6.62. The van der Waals surface area contributed by atoms with E-state index in [2.05, 4.69) is 5.10 Å². The Labute approximate surface area is 143 Å². The molecule has 0 N–H and O–H groups in total. The predicted octanol–water partition coefficient (Wildman–Crippen LogP) is 3.25. The molecule has 2 aliphatic rings. The summed E-state index contributed by atoms with van der Waals surface area (Å²) >= 11 is 0. The molecule has 0 radical (unpaired) electrons. The van der Waals surface area contributed by atoms with Crippen LogP contribution in [0.1, 0.15) is 46.1 Å². The zero-order valence-electron chi connectivity index (χ0n) is 14.9. The number of nitrogens with zero attached hydrogens (tertiary/aromatic N) is 2. The van der Waals surface area contributed by atoms with Crippen molar-refractivity contribution < 1.29 is 18.4 Å². The van der Waals surface area contributed by atoms with Gasteiger partial charge in [-0.3, -0.25) is 4.68 Å². The summed E-state index contributed by atoms with van der Waals surface area (Å²) in [4.78, 5) is 0. The molecule has 1 aromatic heterocycles. The monoisotopic (exact) mass is 336 g/mol. The lowest BCUT2D eigenvalue weighted by molar-refractivity contribution is 0.00578. The van der Waals surface area contributed by atoms with Gasteiger partial charge in [0.05, 0.1) is 24.0 Å². The molecule has 1 unspecified atom stereocenters. The fourth-order valence-corrected chi connectivity index (χ4v) is 2.95. The van der Waals surface area contributed by atoms with Crippen LogP contribution in [-0.2, 0) is 20.6 Å². The maximum absolute atomic E-state index is 14.5. The Morgan fingerprint density at radius 2 is 2.08 bits per heavy atom. The molecule has 132 valence electrons. The SMILES string of the molecule is CC1(C)OB(C(F)=Cc2cnn(CC3CCCOC3)c2)OC1(C)C. The first-order chi connectivity index (χ1) is 11.3. The van der Waals surface area contributed by atoms with Crippen LogP contribution in [0.15, 0.2) is 18.1 Å². The zero-order valence-corrected chi connectivity index (χ0v) is 14.9. The molecule has 7 heteroatoms. The third-order valence-electron chi connectivity index (χ3n) is 5.14. The van der Waals surface area contributed by atoms with Gasteiger partial charge in [0, 0.05) is 30.8 Å². The van der Waals surface area contributed by atoms with E-state index in [4.69, 9.17) is 14.0 Å². The summed E-state index contributed by atoms with van der Waals surface area (Å²) < 4.78 is 33.3. The highest BCUT2D eigenvalue weighted by Gasteiger charge is 2.53. The van der Waals surface area contributed by atoms with Crippen LogP contribution in [-0.4, -0.2) is 41.3 Å². The van der Waals surface area contributed by atoms with Crippen molar-refractivity contribution in [3.63, 3.8) is 0 Å². The van der Waals surface area contributed by atoms with Crippen LogP contribution in [0.4, 0.5) is 4.39 Å². The molecule has 0 saturated carbocycles. The smallest absolute Gasteiger partial charge is 0.398 e. The fraction of sp³-hybridized carbons (Fsp3) is 0.706. The minimum atomic E-state index is -0.968. The van der Waals surface area contributed by atoms with E-state index in [9.17, 15) is 4.39 Å². The molecule has 1 atom stereocenters. The van der Waals surface area contributed by atoms with Crippen molar-refractivity contribution in [2.24, 2.45) is 5.92 Å². The van der Waals surface area contributed by atoms with E-state index in [0.717, 1.165) is 32.6 Å². The number of halogens is 1. The minimum absolute atomic E-state index is 0.436. The number of hydrogen-bond donors (Lipinski definition) is 0. The number of ether oxygens (including phenoxy) is 1. The fourth-order valence-electron chi connectivity index (χ4n) is 2.95. The lowest BCUT2D eigenvalue weighted by Gasteiger charge is -2.32. The molecule has 2 saturated heterocycles. The van der Waals surface area contributed by atoms with Gasteiger partial charge in [0.25, 0.3) is 0 Å². The maximum atomic E-state index is 14.5. The molecule has 5 nitrogen and oxygen atoms in total.